The fraction of sp³-hybridized carbons (Fsp3) is 0.154. The van der Waals surface area contributed by atoms with Crippen LogP contribution in [0.15, 0.2) is 41.8 Å². The third-order valence-corrected chi connectivity index (χ3v) is 3.16. The maximum absolute atomic E-state index is 10.9. The van der Waals surface area contributed by atoms with E-state index in [1.54, 1.807) is 25.1 Å². The Bertz CT molecular complexity index is 587. The van der Waals surface area contributed by atoms with Crippen molar-refractivity contribution in [1.82, 2.24) is 0 Å². The Morgan fingerprint density at radius 3 is 2.11 bits per heavy atom. The zero-order chi connectivity index (χ0) is 15.2. The topological polar surface area (TPSA) is 91.7 Å². The van der Waals surface area contributed by atoms with E-state index >= 15 is 0 Å². The number of hydrogen-bond donors (Lipinski definition) is 2. The molecule has 0 aromatic heterocycles. The summed E-state index contributed by atoms with van der Waals surface area (Å²) in [6.45, 7) is 9.69. The van der Waals surface area contributed by atoms with Crippen molar-refractivity contribution in [2.45, 2.75) is 18.7 Å². The number of carboxylic acid groups (broad SMARTS) is 1. The molecule has 6 heteroatoms. The van der Waals surface area contributed by atoms with Gasteiger partial charge in [-0.1, -0.05) is 37.4 Å². The number of benzene rings is 1. The van der Waals surface area contributed by atoms with Crippen molar-refractivity contribution >= 4 is 22.2 Å². The molecule has 19 heavy (non-hydrogen) atoms. The van der Waals surface area contributed by atoms with Crippen molar-refractivity contribution in [3.8, 4) is 0 Å². The normalized spacial score (nSPS) is 10.1. The van der Waals surface area contributed by atoms with Gasteiger partial charge in [0, 0.05) is 5.57 Å². The van der Waals surface area contributed by atoms with Crippen LogP contribution >= 0.6 is 0 Å². The summed E-state index contributed by atoms with van der Waals surface area (Å²) in [5, 5.41) is 7.89. The predicted molar refractivity (Wildman–Crippen MR) is 73.5 cm³/mol. The molecule has 0 heterocycles. The van der Waals surface area contributed by atoms with Gasteiger partial charge < -0.3 is 5.11 Å². The molecule has 0 atom stereocenters. The van der Waals surface area contributed by atoms with Gasteiger partial charge in [-0.05, 0) is 25.0 Å². The molecular formula is C13H16O5S. The number of carbonyl (C=O) groups is 1. The molecule has 0 aliphatic carbocycles. The molecule has 0 saturated heterocycles. The van der Waals surface area contributed by atoms with Gasteiger partial charge in [-0.2, -0.15) is 8.42 Å². The van der Waals surface area contributed by atoms with E-state index in [1.165, 1.54) is 13.0 Å². The molecule has 1 aromatic rings. The molecular weight excluding hydrogens is 268 g/mol. The van der Waals surface area contributed by atoms with Crippen LogP contribution < -0.4 is 0 Å². The first-order valence-corrected chi connectivity index (χ1v) is 6.63. The summed E-state index contributed by atoms with van der Waals surface area (Å²) in [4.78, 5) is 9.53. The fourth-order valence-corrected chi connectivity index (χ4v) is 2.11. The first kappa shape index (κ1) is 17.1. The van der Waals surface area contributed by atoms with Crippen LogP contribution in [0.3, 0.4) is 0 Å². The molecule has 0 bridgehead atoms. The van der Waals surface area contributed by atoms with Gasteiger partial charge in [0.1, 0.15) is 4.90 Å². The smallest absolute Gasteiger partial charge is 0.330 e. The summed E-state index contributed by atoms with van der Waals surface area (Å²) in [6.07, 6.45) is 1.40. The molecule has 104 valence electrons. The van der Waals surface area contributed by atoms with Crippen LogP contribution in [0.5, 0.6) is 0 Å². The van der Waals surface area contributed by atoms with Crippen LogP contribution in [-0.2, 0) is 14.9 Å². The first-order chi connectivity index (χ1) is 8.61. The monoisotopic (exact) mass is 284 g/mol. The van der Waals surface area contributed by atoms with E-state index in [4.69, 9.17) is 9.66 Å². The highest BCUT2D eigenvalue weighted by atomic mass is 32.2. The molecule has 0 saturated carbocycles. The third kappa shape index (κ3) is 5.50. The van der Waals surface area contributed by atoms with Crippen LogP contribution in [-0.4, -0.2) is 24.0 Å². The van der Waals surface area contributed by atoms with E-state index in [0.29, 0.717) is 11.1 Å². The van der Waals surface area contributed by atoms with Crippen molar-refractivity contribution in [1.29, 1.82) is 0 Å². The van der Waals surface area contributed by atoms with E-state index < -0.39 is 16.1 Å². The summed E-state index contributed by atoms with van der Waals surface area (Å²) in [6, 6.07) is 4.92. The van der Waals surface area contributed by atoms with Crippen molar-refractivity contribution in [3.05, 3.63) is 48.1 Å². The van der Waals surface area contributed by atoms with Gasteiger partial charge in [0.2, 0.25) is 0 Å². The minimum Gasteiger partial charge on any atom is -0.478 e. The lowest BCUT2D eigenvalue weighted by molar-refractivity contribution is -0.132. The summed E-state index contributed by atoms with van der Waals surface area (Å²) < 4.78 is 30.8. The third-order valence-electron chi connectivity index (χ3n) is 2.09. The summed E-state index contributed by atoms with van der Waals surface area (Å²) in [5.74, 6) is -0.935. The Labute approximate surface area is 112 Å². The Morgan fingerprint density at radius 2 is 1.84 bits per heavy atom. The average molecular weight is 284 g/mol. The Balaban J connectivity index is 0.000000459. The van der Waals surface area contributed by atoms with Crippen LogP contribution in [0, 0.1) is 6.92 Å². The maximum Gasteiger partial charge on any atom is 0.330 e. The molecule has 0 aliphatic heterocycles. The SMILES string of the molecule is C=C(C)C(=O)O.C=Cc1cccc(C)c1S(=O)(=O)O. The van der Waals surface area contributed by atoms with Gasteiger partial charge >= 0.3 is 5.97 Å². The van der Waals surface area contributed by atoms with E-state index in [9.17, 15) is 13.2 Å². The molecule has 5 nitrogen and oxygen atoms in total. The number of aliphatic carboxylic acids is 1. The summed E-state index contributed by atoms with van der Waals surface area (Å²) >= 11 is 0. The second-order valence-corrected chi connectivity index (χ2v) is 5.12. The van der Waals surface area contributed by atoms with Crippen molar-refractivity contribution in [2.75, 3.05) is 0 Å². The van der Waals surface area contributed by atoms with E-state index in [1.807, 2.05) is 0 Å². The Kier molecular flexibility index (Phi) is 6.17. The minimum atomic E-state index is -4.15. The number of aryl methyl sites for hydroxylation is 1. The largest absolute Gasteiger partial charge is 0.478 e. The first-order valence-electron chi connectivity index (χ1n) is 5.19. The zero-order valence-corrected chi connectivity index (χ0v) is 11.6. The summed E-state index contributed by atoms with van der Waals surface area (Å²) in [5.41, 5.74) is 1.11. The highest BCUT2D eigenvalue weighted by Gasteiger charge is 2.15. The van der Waals surface area contributed by atoms with Crippen molar-refractivity contribution < 1.29 is 22.9 Å². The molecule has 1 rings (SSSR count). The van der Waals surface area contributed by atoms with E-state index in [-0.39, 0.29) is 10.5 Å². The van der Waals surface area contributed by atoms with Gasteiger partial charge in [0.15, 0.2) is 0 Å². The molecule has 0 amide bonds. The van der Waals surface area contributed by atoms with Gasteiger partial charge in [0.25, 0.3) is 10.1 Å². The molecule has 1 aromatic carbocycles. The highest BCUT2D eigenvalue weighted by molar-refractivity contribution is 7.86. The zero-order valence-electron chi connectivity index (χ0n) is 10.8. The predicted octanol–water partition coefficient (Wildman–Crippen LogP) is 2.53. The summed E-state index contributed by atoms with van der Waals surface area (Å²) in [7, 11) is -4.15. The van der Waals surface area contributed by atoms with Gasteiger partial charge in [-0.15, -0.1) is 0 Å². The molecule has 0 spiro atoms. The number of carboxylic acids is 1. The van der Waals surface area contributed by atoms with Crippen molar-refractivity contribution in [2.24, 2.45) is 0 Å². The Morgan fingerprint density at radius 1 is 1.37 bits per heavy atom. The number of hydrogen-bond acceptors (Lipinski definition) is 3. The quantitative estimate of drug-likeness (QED) is 0.657. The molecule has 0 unspecified atom stereocenters. The minimum absolute atomic E-state index is 0.0648. The lowest BCUT2D eigenvalue weighted by Gasteiger charge is -2.05. The second-order valence-electron chi connectivity index (χ2n) is 3.76. The lowest BCUT2D eigenvalue weighted by atomic mass is 10.1. The van der Waals surface area contributed by atoms with Crippen LogP contribution in [0.2, 0.25) is 0 Å². The molecule has 2 N–H and O–H groups in total. The molecule has 0 fully saturated rings. The maximum atomic E-state index is 10.9. The number of rotatable bonds is 3. The van der Waals surface area contributed by atoms with Crippen LogP contribution in [0.4, 0.5) is 0 Å². The van der Waals surface area contributed by atoms with E-state index in [2.05, 4.69) is 13.2 Å². The van der Waals surface area contributed by atoms with Gasteiger partial charge in [0.05, 0.1) is 0 Å². The van der Waals surface area contributed by atoms with Crippen LogP contribution in [0.1, 0.15) is 18.1 Å². The molecule has 0 radical (unpaired) electrons. The van der Waals surface area contributed by atoms with Gasteiger partial charge in [-0.3, -0.25) is 4.55 Å². The average Bonchev–Trinajstić information content (AvgIpc) is 2.27. The van der Waals surface area contributed by atoms with Crippen LogP contribution in [0.25, 0.3) is 6.08 Å². The second kappa shape index (κ2) is 6.86. The highest BCUT2D eigenvalue weighted by Crippen LogP contribution is 2.20. The standard InChI is InChI=1S/C9H10O3S.C4H6O2/c1-3-8-6-4-5-7(2)9(8)13(10,11)12;1-3(2)4(5)6/h3-6H,1H2,2H3,(H,10,11,12);1H2,2H3,(H,5,6). The Hall–Kier alpha value is -1.92. The van der Waals surface area contributed by atoms with Crippen molar-refractivity contribution in [3.63, 3.8) is 0 Å². The van der Waals surface area contributed by atoms with E-state index in [0.717, 1.165) is 0 Å². The van der Waals surface area contributed by atoms with Gasteiger partial charge in [-0.25, -0.2) is 4.79 Å². The lowest BCUT2D eigenvalue weighted by Crippen LogP contribution is -2.03. The molecule has 0 aliphatic rings. The fourth-order valence-electron chi connectivity index (χ4n) is 1.19.